The quantitative estimate of drug-likeness (QED) is 0.803. The number of benzene rings is 1. The number of alkyl halides is 3. The summed E-state index contributed by atoms with van der Waals surface area (Å²) in [6, 6.07) is 5.68. The zero-order chi connectivity index (χ0) is 14.0. The van der Waals surface area contributed by atoms with Gasteiger partial charge in [-0.3, -0.25) is 4.79 Å². The van der Waals surface area contributed by atoms with Gasteiger partial charge in [-0.25, -0.2) is 4.98 Å². The molecule has 1 aromatic carbocycles. The summed E-state index contributed by atoms with van der Waals surface area (Å²) >= 11 is 1.09. The number of carbonyl (C=O) groups excluding carboxylic acids is 1. The van der Waals surface area contributed by atoms with Crippen molar-refractivity contribution >= 4 is 17.1 Å². The Balaban J connectivity index is 2.41. The minimum absolute atomic E-state index is 0.206. The van der Waals surface area contributed by atoms with E-state index >= 15 is 0 Å². The summed E-state index contributed by atoms with van der Waals surface area (Å²) in [6.07, 6.45) is -4.77. The van der Waals surface area contributed by atoms with Crippen LogP contribution in [0.3, 0.4) is 0 Å². The second-order valence-corrected chi connectivity index (χ2v) is 4.50. The maximum Gasteiger partial charge on any atom is 0.573 e. The Kier molecular flexibility index (Phi) is 3.57. The highest BCUT2D eigenvalue weighted by Crippen LogP contribution is 2.35. The third kappa shape index (κ3) is 3.31. The van der Waals surface area contributed by atoms with Crippen LogP contribution in [0.15, 0.2) is 29.6 Å². The van der Waals surface area contributed by atoms with Gasteiger partial charge in [0.15, 0.2) is 5.78 Å². The Morgan fingerprint density at radius 1 is 1.32 bits per heavy atom. The first-order chi connectivity index (χ1) is 8.87. The second-order valence-electron chi connectivity index (χ2n) is 3.64. The Morgan fingerprint density at radius 2 is 2.00 bits per heavy atom. The highest BCUT2D eigenvalue weighted by Gasteiger charge is 2.32. The lowest BCUT2D eigenvalue weighted by molar-refractivity contribution is -0.274. The van der Waals surface area contributed by atoms with Crippen LogP contribution in [0.1, 0.15) is 17.4 Å². The number of halogens is 3. The fraction of sp³-hybridized carbons (Fsp3) is 0.167. The monoisotopic (exact) mass is 287 g/mol. The largest absolute Gasteiger partial charge is 0.573 e. The normalized spacial score (nSPS) is 11.4. The molecule has 0 spiro atoms. The van der Waals surface area contributed by atoms with E-state index in [1.165, 1.54) is 30.5 Å². The smallest absolute Gasteiger partial charge is 0.405 e. The van der Waals surface area contributed by atoms with Crippen molar-refractivity contribution in [3.63, 3.8) is 0 Å². The van der Waals surface area contributed by atoms with Gasteiger partial charge in [-0.15, -0.1) is 24.5 Å². The first-order valence-electron chi connectivity index (χ1n) is 5.18. The Hall–Kier alpha value is -1.89. The van der Waals surface area contributed by atoms with Crippen LogP contribution in [0.25, 0.3) is 10.6 Å². The predicted molar refractivity (Wildman–Crippen MR) is 64.2 cm³/mol. The third-order valence-electron chi connectivity index (χ3n) is 2.21. The van der Waals surface area contributed by atoms with Crippen molar-refractivity contribution in [2.24, 2.45) is 0 Å². The van der Waals surface area contributed by atoms with Gasteiger partial charge in [0.2, 0.25) is 0 Å². The van der Waals surface area contributed by atoms with Gasteiger partial charge in [-0.05, 0) is 12.1 Å². The highest BCUT2D eigenvalue weighted by molar-refractivity contribution is 7.13. The molecule has 0 radical (unpaired) electrons. The molecule has 2 rings (SSSR count). The van der Waals surface area contributed by atoms with Crippen LogP contribution in [-0.2, 0) is 0 Å². The number of rotatable bonds is 3. The van der Waals surface area contributed by atoms with Crippen LogP contribution in [0.5, 0.6) is 5.75 Å². The van der Waals surface area contributed by atoms with Gasteiger partial charge in [0, 0.05) is 12.3 Å². The van der Waals surface area contributed by atoms with Crippen molar-refractivity contribution < 1.29 is 22.7 Å². The minimum atomic E-state index is -4.77. The first kappa shape index (κ1) is 13.5. The molecule has 3 nitrogen and oxygen atoms in total. The maximum atomic E-state index is 12.3. The molecule has 0 N–H and O–H groups in total. The number of hydrogen-bond donors (Lipinski definition) is 0. The summed E-state index contributed by atoms with van der Waals surface area (Å²) in [7, 11) is 0. The molecular weight excluding hydrogens is 279 g/mol. The van der Waals surface area contributed by atoms with Crippen molar-refractivity contribution in [2.45, 2.75) is 13.3 Å². The van der Waals surface area contributed by atoms with Crippen molar-refractivity contribution in [3.8, 4) is 16.3 Å². The summed E-state index contributed by atoms with van der Waals surface area (Å²) in [4.78, 5) is 15.1. The zero-order valence-electron chi connectivity index (χ0n) is 9.69. The van der Waals surface area contributed by atoms with Crippen molar-refractivity contribution in [2.75, 3.05) is 0 Å². The zero-order valence-corrected chi connectivity index (χ0v) is 10.5. The van der Waals surface area contributed by atoms with Gasteiger partial charge >= 0.3 is 6.36 Å². The number of aromatic nitrogens is 1. The van der Waals surface area contributed by atoms with E-state index in [4.69, 9.17) is 0 Å². The Bertz CT molecular complexity index is 607. The highest BCUT2D eigenvalue weighted by atomic mass is 32.1. The molecule has 0 bridgehead atoms. The Morgan fingerprint density at radius 3 is 2.58 bits per heavy atom. The SMILES string of the molecule is CC(=O)c1csc(-c2ccccc2OC(F)(F)F)n1. The molecule has 0 aliphatic carbocycles. The van der Waals surface area contributed by atoms with Crippen molar-refractivity contribution in [1.29, 1.82) is 0 Å². The fourth-order valence-corrected chi connectivity index (χ4v) is 2.30. The number of carbonyl (C=O) groups is 1. The third-order valence-corrected chi connectivity index (χ3v) is 3.08. The van der Waals surface area contributed by atoms with E-state index in [0.29, 0.717) is 5.01 Å². The lowest BCUT2D eigenvalue weighted by Crippen LogP contribution is -2.17. The molecule has 0 amide bonds. The van der Waals surface area contributed by atoms with Crippen molar-refractivity contribution in [3.05, 3.63) is 35.3 Å². The van der Waals surface area contributed by atoms with E-state index < -0.39 is 6.36 Å². The molecule has 0 unspecified atom stereocenters. The molecular formula is C12H8F3NO2S. The predicted octanol–water partition coefficient (Wildman–Crippen LogP) is 3.91. The van der Waals surface area contributed by atoms with Crippen LogP contribution < -0.4 is 4.74 Å². The second kappa shape index (κ2) is 5.00. The summed E-state index contributed by atoms with van der Waals surface area (Å²) in [5, 5.41) is 1.81. The molecule has 0 atom stereocenters. The molecule has 7 heteroatoms. The summed E-state index contributed by atoms with van der Waals surface area (Å²) in [5.74, 6) is -0.573. The number of para-hydroxylation sites is 1. The average molecular weight is 287 g/mol. The summed E-state index contributed by atoms with van der Waals surface area (Å²) in [5.41, 5.74) is 0.430. The van der Waals surface area contributed by atoms with Gasteiger partial charge in [-0.1, -0.05) is 12.1 Å². The number of nitrogens with zero attached hydrogens (tertiary/aromatic N) is 1. The van der Waals surface area contributed by atoms with E-state index in [1.54, 1.807) is 6.07 Å². The van der Waals surface area contributed by atoms with Crippen LogP contribution in [-0.4, -0.2) is 17.1 Å². The van der Waals surface area contributed by atoms with E-state index in [-0.39, 0.29) is 22.8 Å². The van der Waals surface area contributed by atoms with E-state index in [1.807, 2.05) is 0 Å². The van der Waals surface area contributed by atoms with Gasteiger partial charge in [-0.2, -0.15) is 0 Å². The van der Waals surface area contributed by atoms with Crippen LogP contribution >= 0.6 is 11.3 Å². The van der Waals surface area contributed by atoms with E-state index in [2.05, 4.69) is 9.72 Å². The molecule has 2 aromatic rings. The van der Waals surface area contributed by atoms with Crippen LogP contribution in [0.2, 0.25) is 0 Å². The first-order valence-corrected chi connectivity index (χ1v) is 6.06. The van der Waals surface area contributed by atoms with E-state index in [0.717, 1.165) is 11.3 Å². The molecule has 1 aromatic heterocycles. The lowest BCUT2D eigenvalue weighted by Gasteiger charge is -2.11. The maximum absolute atomic E-state index is 12.3. The van der Waals surface area contributed by atoms with Crippen molar-refractivity contribution in [1.82, 2.24) is 4.98 Å². The molecule has 19 heavy (non-hydrogen) atoms. The number of Topliss-reactive ketones (excluding diaryl/α,β-unsaturated/α-hetero) is 1. The molecule has 0 fully saturated rings. The summed E-state index contributed by atoms with van der Waals surface area (Å²) < 4.78 is 40.8. The van der Waals surface area contributed by atoms with E-state index in [9.17, 15) is 18.0 Å². The Labute approximate surface area is 110 Å². The number of thiazole rings is 1. The molecule has 0 aliphatic heterocycles. The number of ether oxygens (including phenoxy) is 1. The van der Waals surface area contributed by atoms with Gasteiger partial charge < -0.3 is 4.74 Å². The molecule has 0 saturated carbocycles. The van der Waals surface area contributed by atoms with Gasteiger partial charge in [0.1, 0.15) is 16.5 Å². The average Bonchev–Trinajstić information content (AvgIpc) is 2.76. The van der Waals surface area contributed by atoms with Gasteiger partial charge in [0.25, 0.3) is 0 Å². The molecule has 0 saturated heterocycles. The number of hydrogen-bond acceptors (Lipinski definition) is 4. The van der Waals surface area contributed by atoms with Crippen LogP contribution in [0, 0.1) is 0 Å². The topological polar surface area (TPSA) is 39.2 Å². The van der Waals surface area contributed by atoms with Gasteiger partial charge in [0.05, 0.1) is 5.56 Å². The summed E-state index contributed by atoms with van der Waals surface area (Å²) in [6.45, 7) is 1.34. The number of ketones is 1. The molecule has 1 heterocycles. The molecule has 0 aliphatic rings. The minimum Gasteiger partial charge on any atom is -0.405 e. The van der Waals surface area contributed by atoms with Crippen LogP contribution in [0.4, 0.5) is 13.2 Å². The standard InChI is InChI=1S/C12H8F3NO2S/c1-7(17)9-6-19-11(16-9)8-4-2-3-5-10(8)18-12(13,14)15/h2-6H,1H3. The molecule has 100 valence electrons. The lowest BCUT2D eigenvalue weighted by atomic mass is 10.2. The fourth-order valence-electron chi connectivity index (χ4n) is 1.42.